The third kappa shape index (κ3) is 3.42. The van der Waals surface area contributed by atoms with Crippen LogP contribution in [0.3, 0.4) is 0 Å². The van der Waals surface area contributed by atoms with Crippen LogP contribution in [0.15, 0.2) is 28.7 Å². The number of aromatic nitrogens is 3. The maximum Gasteiger partial charge on any atom is 0.221 e. The van der Waals surface area contributed by atoms with Crippen molar-refractivity contribution in [2.24, 2.45) is 0 Å². The van der Waals surface area contributed by atoms with Gasteiger partial charge in [0, 0.05) is 10.0 Å². The van der Waals surface area contributed by atoms with Gasteiger partial charge in [0.05, 0.1) is 6.54 Å². The van der Waals surface area contributed by atoms with Gasteiger partial charge < -0.3 is 10.0 Å². The predicted molar refractivity (Wildman–Crippen MR) is 86.5 cm³/mol. The summed E-state index contributed by atoms with van der Waals surface area (Å²) in [4.78, 5) is 5.77. The molecule has 0 saturated carbocycles. The van der Waals surface area contributed by atoms with E-state index >= 15 is 0 Å². The second kappa shape index (κ2) is 6.39. The third-order valence-electron chi connectivity index (χ3n) is 3.78. The first-order valence-corrected chi connectivity index (χ1v) is 8.27. The lowest BCUT2D eigenvalue weighted by Crippen LogP contribution is -3.13. The Balaban J connectivity index is 1.82. The van der Waals surface area contributed by atoms with Crippen LogP contribution in [0.4, 0.5) is 0 Å². The number of H-pyrrole nitrogens is 1. The number of nitrogens with one attached hydrogen (secondary N) is 2. The van der Waals surface area contributed by atoms with Gasteiger partial charge in [-0.3, -0.25) is 5.10 Å². The van der Waals surface area contributed by atoms with E-state index < -0.39 is 0 Å². The number of aromatic amines is 1. The zero-order valence-electron chi connectivity index (χ0n) is 11.6. The lowest BCUT2D eigenvalue weighted by Gasteiger charge is -2.26. The zero-order chi connectivity index (χ0) is 14.8. The van der Waals surface area contributed by atoms with Crippen molar-refractivity contribution in [2.75, 3.05) is 13.1 Å². The molecule has 0 spiro atoms. The minimum absolute atomic E-state index is 0.200. The maximum absolute atomic E-state index is 9.76. The fraction of sp³-hybridized carbons (Fsp3) is 0.429. The molecule has 5 nitrogen and oxygen atoms in total. The van der Waals surface area contributed by atoms with E-state index in [-0.39, 0.29) is 6.10 Å². The number of hydrogen-bond acceptors (Lipinski definition) is 3. The van der Waals surface area contributed by atoms with Gasteiger partial charge in [0.1, 0.15) is 12.6 Å². The van der Waals surface area contributed by atoms with Gasteiger partial charge in [-0.15, -0.1) is 0 Å². The highest BCUT2D eigenvalue weighted by Gasteiger charge is 2.21. The van der Waals surface area contributed by atoms with Gasteiger partial charge in [0.2, 0.25) is 4.77 Å². The molecule has 112 valence electrons. The molecule has 2 aromatic rings. The number of quaternary nitrogens is 1. The number of rotatable bonds is 3. The smallest absolute Gasteiger partial charge is 0.221 e. The minimum Gasteiger partial charge on any atom is -0.387 e. The molecule has 0 aliphatic carbocycles. The van der Waals surface area contributed by atoms with Crippen LogP contribution in [0.25, 0.3) is 11.4 Å². The van der Waals surface area contributed by atoms with E-state index in [0.29, 0.717) is 11.4 Å². The number of aliphatic hydroxyl groups is 1. The molecule has 7 heteroatoms. The van der Waals surface area contributed by atoms with Crippen molar-refractivity contribution in [3.05, 3.63) is 33.5 Å². The highest BCUT2D eigenvalue weighted by molar-refractivity contribution is 9.10. The molecule has 0 bridgehead atoms. The van der Waals surface area contributed by atoms with E-state index in [4.69, 9.17) is 12.2 Å². The summed E-state index contributed by atoms with van der Waals surface area (Å²) >= 11 is 8.88. The number of piperidine rings is 1. The van der Waals surface area contributed by atoms with Gasteiger partial charge in [-0.25, -0.2) is 4.68 Å². The van der Waals surface area contributed by atoms with Gasteiger partial charge in [0.15, 0.2) is 12.5 Å². The van der Waals surface area contributed by atoms with Crippen molar-refractivity contribution in [1.82, 2.24) is 14.8 Å². The highest BCUT2D eigenvalue weighted by atomic mass is 79.9. The standard InChI is InChI=1S/C14H17BrN4OS/c15-12-6-2-1-5-11(12)13-16-14(21)19(17-13)9-18-7-3-4-10(20)8-18/h1-2,5-6,10,20H,3-4,7-9H2,(H,16,17,21)/p+1/t10-/m0/s1. The Labute approximate surface area is 136 Å². The maximum atomic E-state index is 9.76. The van der Waals surface area contributed by atoms with Crippen molar-refractivity contribution < 1.29 is 10.0 Å². The SMILES string of the molecule is O[C@H]1CCC[NH+](Cn2[nH]c(-c3ccccc3Br)nc2=S)C1. The average Bonchev–Trinajstić information content (AvgIpc) is 2.80. The van der Waals surface area contributed by atoms with Gasteiger partial charge in [-0.2, -0.15) is 4.98 Å². The topological polar surface area (TPSA) is 58.3 Å². The molecule has 0 amide bonds. The normalized spacial score (nSPS) is 22.4. The van der Waals surface area contributed by atoms with Crippen LogP contribution >= 0.6 is 28.1 Å². The van der Waals surface area contributed by atoms with Crippen molar-refractivity contribution in [3.63, 3.8) is 0 Å². The van der Waals surface area contributed by atoms with Crippen LogP contribution in [-0.2, 0) is 6.67 Å². The molecule has 1 unspecified atom stereocenters. The zero-order valence-corrected chi connectivity index (χ0v) is 14.0. The monoisotopic (exact) mass is 369 g/mol. The molecular weight excluding hydrogens is 352 g/mol. The molecule has 2 atom stereocenters. The first-order chi connectivity index (χ1) is 10.1. The fourth-order valence-electron chi connectivity index (χ4n) is 2.73. The van der Waals surface area contributed by atoms with E-state index in [2.05, 4.69) is 26.0 Å². The Kier molecular flexibility index (Phi) is 4.54. The fourth-order valence-corrected chi connectivity index (χ4v) is 3.40. The second-order valence-corrected chi connectivity index (χ2v) is 6.64. The van der Waals surface area contributed by atoms with E-state index in [9.17, 15) is 5.11 Å². The molecule has 21 heavy (non-hydrogen) atoms. The van der Waals surface area contributed by atoms with Crippen LogP contribution in [0.1, 0.15) is 12.8 Å². The summed E-state index contributed by atoms with van der Waals surface area (Å²) in [6, 6.07) is 7.93. The summed E-state index contributed by atoms with van der Waals surface area (Å²) in [5, 5.41) is 13.0. The molecule has 1 aromatic heterocycles. The summed E-state index contributed by atoms with van der Waals surface area (Å²) in [6.07, 6.45) is 1.75. The van der Waals surface area contributed by atoms with Crippen molar-refractivity contribution in [3.8, 4) is 11.4 Å². The first-order valence-electron chi connectivity index (χ1n) is 7.07. The van der Waals surface area contributed by atoms with Gasteiger partial charge in [-0.05, 0) is 31.1 Å². The number of benzene rings is 1. The Morgan fingerprint density at radius 3 is 3.05 bits per heavy atom. The van der Waals surface area contributed by atoms with E-state index in [1.165, 1.54) is 4.90 Å². The summed E-state index contributed by atoms with van der Waals surface area (Å²) in [7, 11) is 0. The molecule has 0 radical (unpaired) electrons. The van der Waals surface area contributed by atoms with E-state index in [0.717, 1.165) is 41.8 Å². The summed E-state index contributed by atoms with van der Waals surface area (Å²) in [5.41, 5.74) is 0.996. The van der Waals surface area contributed by atoms with Crippen LogP contribution in [0, 0.1) is 4.77 Å². The molecular formula is C14H18BrN4OS+. The molecule has 1 aromatic carbocycles. The molecule has 2 heterocycles. The van der Waals surface area contributed by atoms with Crippen LogP contribution in [0.5, 0.6) is 0 Å². The molecule has 1 saturated heterocycles. The number of hydrogen-bond donors (Lipinski definition) is 3. The Hall–Kier alpha value is -1.02. The average molecular weight is 370 g/mol. The van der Waals surface area contributed by atoms with Gasteiger partial charge in [-0.1, -0.05) is 34.1 Å². The van der Waals surface area contributed by atoms with Crippen molar-refractivity contribution in [2.45, 2.75) is 25.6 Å². The molecule has 1 aliphatic heterocycles. The second-order valence-electron chi connectivity index (χ2n) is 5.42. The number of halogens is 1. The van der Waals surface area contributed by atoms with Gasteiger partial charge in [0.25, 0.3) is 0 Å². The number of nitrogens with zero attached hydrogens (tertiary/aromatic N) is 2. The molecule has 1 fully saturated rings. The highest BCUT2D eigenvalue weighted by Crippen LogP contribution is 2.24. The first kappa shape index (κ1) is 14.9. The van der Waals surface area contributed by atoms with Crippen LogP contribution in [-0.4, -0.2) is 39.1 Å². The number of aliphatic hydroxyl groups excluding tert-OH is 1. The summed E-state index contributed by atoms with van der Waals surface area (Å²) in [6.45, 7) is 2.54. The predicted octanol–water partition coefficient (Wildman–Crippen LogP) is 1.37. The Morgan fingerprint density at radius 2 is 2.29 bits per heavy atom. The van der Waals surface area contributed by atoms with Crippen molar-refractivity contribution >= 4 is 28.1 Å². The minimum atomic E-state index is -0.200. The van der Waals surface area contributed by atoms with Crippen LogP contribution < -0.4 is 4.90 Å². The summed E-state index contributed by atoms with van der Waals surface area (Å²) < 4.78 is 3.42. The molecule has 3 rings (SSSR count). The van der Waals surface area contributed by atoms with E-state index in [1.54, 1.807) is 0 Å². The van der Waals surface area contributed by atoms with Gasteiger partial charge >= 0.3 is 0 Å². The lowest BCUT2D eigenvalue weighted by molar-refractivity contribution is -0.931. The molecule has 3 N–H and O–H groups in total. The van der Waals surface area contributed by atoms with Crippen molar-refractivity contribution in [1.29, 1.82) is 0 Å². The van der Waals surface area contributed by atoms with E-state index in [1.807, 2.05) is 28.9 Å². The summed E-state index contributed by atoms with van der Waals surface area (Å²) in [5.74, 6) is 0.768. The molecule has 1 aliphatic rings. The quantitative estimate of drug-likeness (QED) is 0.716. The lowest BCUT2D eigenvalue weighted by atomic mass is 10.1. The Morgan fingerprint density at radius 1 is 1.48 bits per heavy atom. The largest absolute Gasteiger partial charge is 0.387 e. The van der Waals surface area contributed by atoms with Crippen LogP contribution in [0.2, 0.25) is 0 Å². The number of likely N-dealkylation sites (tertiary alicyclic amines) is 1. The third-order valence-corrected chi connectivity index (χ3v) is 4.79. The Bertz CT molecular complexity index is 684.